The molecular weight excluding hydrogens is 349 g/mol. The zero-order chi connectivity index (χ0) is 19.4. The number of hydrogen-bond acceptors (Lipinski definition) is 4. The molecule has 2 aromatic rings. The Kier molecular flexibility index (Phi) is 5.59. The van der Waals surface area contributed by atoms with E-state index in [9.17, 15) is 14.0 Å². The molecule has 142 valence electrons. The lowest BCUT2D eigenvalue weighted by atomic mass is 9.96. The summed E-state index contributed by atoms with van der Waals surface area (Å²) in [5, 5.41) is 2.83. The van der Waals surface area contributed by atoms with E-state index in [2.05, 4.69) is 5.32 Å². The number of hydrogen-bond donors (Lipinski definition) is 2. The Bertz CT molecular complexity index is 839. The fourth-order valence-electron chi connectivity index (χ4n) is 3.16. The largest absolute Gasteiger partial charge is 0.497 e. The molecule has 0 spiro atoms. The number of amides is 2. The Morgan fingerprint density at radius 3 is 2.67 bits per heavy atom. The quantitative estimate of drug-likeness (QED) is 0.810. The molecule has 1 atom stereocenters. The molecule has 7 heteroatoms. The van der Waals surface area contributed by atoms with Crippen LogP contribution in [-0.4, -0.2) is 36.9 Å². The van der Waals surface area contributed by atoms with Gasteiger partial charge < -0.3 is 20.7 Å². The van der Waals surface area contributed by atoms with Crippen LogP contribution in [0.25, 0.3) is 0 Å². The van der Waals surface area contributed by atoms with Crippen LogP contribution in [0.5, 0.6) is 5.75 Å². The van der Waals surface area contributed by atoms with Crippen LogP contribution in [0.15, 0.2) is 42.5 Å². The van der Waals surface area contributed by atoms with Gasteiger partial charge in [-0.1, -0.05) is 0 Å². The van der Waals surface area contributed by atoms with Gasteiger partial charge in [0, 0.05) is 24.7 Å². The summed E-state index contributed by atoms with van der Waals surface area (Å²) >= 11 is 0. The molecule has 3 N–H and O–H groups in total. The van der Waals surface area contributed by atoms with E-state index in [1.54, 1.807) is 23.1 Å². The number of nitrogen functional groups attached to an aromatic ring is 1. The average molecular weight is 371 g/mol. The van der Waals surface area contributed by atoms with E-state index in [0.717, 1.165) is 6.42 Å². The van der Waals surface area contributed by atoms with Gasteiger partial charge in [-0.2, -0.15) is 0 Å². The zero-order valence-corrected chi connectivity index (χ0v) is 15.1. The van der Waals surface area contributed by atoms with Gasteiger partial charge in [0.15, 0.2) is 0 Å². The number of ether oxygens (including phenoxy) is 1. The molecule has 0 saturated carbocycles. The smallest absolute Gasteiger partial charge is 0.253 e. The third-order valence-corrected chi connectivity index (χ3v) is 4.69. The van der Waals surface area contributed by atoms with Crippen molar-refractivity contribution in [1.82, 2.24) is 4.90 Å². The molecule has 2 amide bonds. The summed E-state index contributed by atoms with van der Waals surface area (Å²) in [5.74, 6) is -0.525. The van der Waals surface area contributed by atoms with Crippen molar-refractivity contribution in [2.45, 2.75) is 12.8 Å². The number of halogens is 1. The van der Waals surface area contributed by atoms with E-state index in [0.29, 0.717) is 42.2 Å². The molecule has 0 radical (unpaired) electrons. The number of nitrogens with one attached hydrogen (secondary N) is 1. The van der Waals surface area contributed by atoms with Gasteiger partial charge in [0.05, 0.1) is 24.4 Å². The second-order valence-corrected chi connectivity index (χ2v) is 6.54. The molecule has 3 rings (SSSR count). The number of anilines is 2. The average Bonchev–Trinajstić information content (AvgIpc) is 2.69. The predicted molar refractivity (Wildman–Crippen MR) is 101 cm³/mol. The molecular formula is C20H22FN3O3. The first-order chi connectivity index (χ1) is 13.0. The fraction of sp³-hybridized carbons (Fsp3) is 0.300. The van der Waals surface area contributed by atoms with Gasteiger partial charge >= 0.3 is 0 Å². The van der Waals surface area contributed by atoms with Crippen molar-refractivity contribution in [3.8, 4) is 5.75 Å². The first kappa shape index (κ1) is 18.7. The number of carbonyl (C=O) groups excluding carboxylic acids is 2. The third kappa shape index (κ3) is 4.36. The Morgan fingerprint density at radius 2 is 1.96 bits per heavy atom. The van der Waals surface area contributed by atoms with Gasteiger partial charge in [-0.05, 0) is 49.2 Å². The number of likely N-dealkylation sites (tertiary alicyclic amines) is 1. The first-order valence-electron chi connectivity index (χ1n) is 8.77. The van der Waals surface area contributed by atoms with Crippen LogP contribution in [0, 0.1) is 11.7 Å². The second-order valence-electron chi connectivity index (χ2n) is 6.54. The van der Waals surface area contributed by atoms with E-state index in [-0.39, 0.29) is 17.7 Å². The van der Waals surface area contributed by atoms with Crippen molar-refractivity contribution in [2.75, 3.05) is 31.2 Å². The molecule has 1 aliphatic heterocycles. The standard InChI is InChI=1S/C20H22FN3O3/c1-27-16-8-9-17(22)18(11-16)23-19(25)14-3-2-10-24(12-14)20(26)13-4-6-15(21)7-5-13/h4-9,11,14H,2-3,10,12,22H2,1H3,(H,23,25). The number of rotatable bonds is 4. The van der Waals surface area contributed by atoms with Crippen LogP contribution in [0.2, 0.25) is 0 Å². The van der Waals surface area contributed by atoms with Gasteiger partial charge in [-0.3, -0.25) is 9.59 Å². The van der Waals surface area contributed by atoms with Crippen molar-refractivity contribution in [2.24, 2.45) is 5.92 Å². The summed E-state index contributed by atoms with van der Waals surface area (Å²) in [6.45, 7) is 0.882. The lowest BCUT2D eigenvalue weighted by Gasteiger charge is -2.32. The maximum absolute atomic E-state index is 13.1. The third-order valence-electron chi connectivity index (χ3n) is 4.69. The van der Waals surface area contributed by atoms with Crippen LogP contribution in [-0.2, 0) is 4.79 Å². The SMILES string of the molecule is COc1ccc(N)c(NC(=O)C2CCCN(C(=O)c3ccc(F)cc3)C2)c1. The lowest BCUT2D eigenvalue weighted by molar-refractivity contribution is -0.121. The van der Waals surface area contributed by atoms with Crippen LogP contribution in [0.4, 0.5) is 15.8 Å². The fourth-order valence-corrected chi connectivity index (χ4v) is 3.16. The minimum Gasteiger partial charge on any atom is -0.497 e. The van der Waals surface area contributed by atoms with E-state index in [1.165, 1.54) is 31.4 Å². The van der Waals surface area contributed by atoms with Gasteiger partial charge in [0.1, 0.15) is 11.6 Å². The van der Waals surface area contributed by atoms with Crippen LogP contribution in [0.1, 0.15) is 23.2 Å². The summed E-state index contributed by atoms with van der Waals surface area (Å²) in [6.07, 6.45) is 1.40. The van der Waals surface area contributed by atoms with Crippen molar-refractivity contribution >= 4 is 23.2 Å². The molecule has 0 bridgehead atoms. The molecule has 6 nitrogen and oxygen atoms in total. The molecule has 1 aliphatic rings. The number of nitrogens with two attached hydrogens (primary N) is 1. The van der Waals surface area contributed by atoms with Gasteiger partial charge in [0.2, 0.25) is 5.91 Å². The summed E-state index contributed by atoms with van der Waals surface area (Å²) < 4.78 is 18.2. The molecule has 0 aliphatic carbocycles. The first-order valence-corrected chi connectivity index (χ1v) is 8.77. The molecule has 1 fully saturated rings. The number of piperidine rings is 1. The Morgan fingerprint density at radius 1 is 1.22 bits per heavy atom. The summed E-state index contributed by atoms with van der Waals surface area (Å²) in [4.78, 5) is 26.9. The number of benzene rings is 2. The van der Waals surface area contributed by atoms with Crippen LogP contribution >= 0.6 is 0 Å². The highest BCUT2D eigenvalue weighted by molar-refractivity contribution is 5.97. The van der Waals surface area contributed by atoms with Crippen molar-refractivity contribution in [1.29, 1.82) is 0 Å². The minimum atomic E-state index is -0.390. The van der Waals surface area contributed by atoms with Crippen molar-refractivity contribution in [3.63, 3.8) is 0 Å². The molecule has 27 heavy (non-hydrogen) atoms. The molecule has 0 aromatic heterocycles. The highest BCUT2D eigenvalue weighted by atomic mass is 19.1. The maximum atomic E-state index is 13.1. The van der Waals surface area contributed by atoms with E-state index in [4.69, 9.17) is 10.5 Å². The van der Waals surface area contributed by atoms with Crippen LogP contribution in [0.3, 0.4) is 0 Å². The van der Waals surface area contributed by atoms with Crippen molar-refractivity contribution < 1.29 is 18.7 Å². The van der Waals surface area contributed by atoms with Gasteiger partial charge in [-0.15, -0.1) is 0 Å². The second kappa shape index (κ2) is 8.07. The van der Waals surface area contributed by atoms with E-state index < -0.39 is 5.82 Å². The summed E-state index contributed by atoms with van der Waals surface area (Å²) in [5.41, 5.74) is 7.26. The number of nitrogens with zero attached hydrogens (tertiary/aromatic N) is 1. The van der Waals surface area contributed by atoms with E-state index >= 15 is 0 Å². The van der Waals surface area contributed by atoms with Crippen molar-refractivity contribution in [3.05, 3.63) is 53.8 Å². The summed E-state index contributed by atoms with van der Waals surface area (Å²) in [7, 11) is 1.54. The summed E-state index contributed by atoms with van der Waals surface area (Å²) in [6, 6.07) is 10.5. The zero-order valence-electron chi connectivity index (χ0n) is 15.1. The number of methoxy groups -OCH3 is 1. The Hall–Kier alpha value is -3.09. The molecule has 2 aromatic carbocycles. The van der Waals surface area contributed by atoms with Gasteiger partial charge in [0.25, 0.3) is 5.91 Å². The monoisotopic (exact) mass is 371 g/mol. The van der Waals surface area contributed by atoms with Crippen LogP contribution < -0.4 is 15.8 Å². The number of carbonyl (C=O) groups is 2. The van der Waals surface area contributed by atoms with E-state index in [1.807, 2.05) is 0 Å². The molecule has 1 heterocycles. The molecule has 1 saturated heterocycles. The predicted octanol–water partition coefficient (Wildman–Crippen LogP) is 2.91. The Labute approximate surface area is 157 Å². The Balaban J connectivity index is 1.67. The highest BCUT2D eigenvalue weighted by Crippen LogP contribution is 2.26. The molecule has 1 unspecified atom stereocenters. The topological polar surface area (TPSA) is 84.7 Å². The minimum absolute atomic E-state index is 0.188. The highest BCUT2D eigenvalue weighted by Gasteiger charge is 2.29. The maximum Gasteiger partial charge on any atom is 0.253 e. The van der Waals surface area contributed by atoms with Gasteiger partial charge in [-0.25, -0.2) is 4.39 Å². The normalized spacial score (nSPS) is 16.7. The lowest BCUT2D eigenvalue weighted by Crippen LogP contribution is -2.43.